The lowest BCUT2D eigenvalue weighted by Crippen LogP contribution is -2.19. The van der Waals surface area contributed by atoms with Crippen LogP contribution in [0, 0.1) is 0 Å². The lowest BCUT2D eigenvalue weighted by Gasteiger charge is -2.02. The number of hydrazone groups is 1. The number of nitrogens with zero attached hydrogens (tertiary/aromatic N) is 2. The van der Waals surface area contributed by atoms with Gasteiger partial charge in [-0.15, -0.1) is 0 Å². The minimum Gasteiger partial charge on any atom is -0.508 e. The van der Waals surface area contributed by atoms with Gasteiger partial charge in [-0.05, 0) is 37.3 Å². The first-order valence-corrected chi connectivity index (χ1v) is 7.86. The van der Waals surface area contributed by atoms with Crippen LogP contribution in [0.3, 0.4) is 0 Å². The molecule has 0 aliphatic rings. The molecule has 3 rings (SSSR count). The Kier molecular flexibility index (Phi) is 4.81. The summed E-state index contributed by atoms with van der Waals surface area (Å²) in [7, 11) is 0. The molecule has 1 aromatic heterocycles. The summed E-state index contributed by atoms with van der Waals surface area (Å²) < 4.78 is 0. The molecule has 7 heteroatoms. The molecule has 1 heterocycles. The summed E-state index contributed by atoms with van der Waals surface area (Å²) >= 11 is 5.86. The van der Waals surface area contributed by atoms with Gasteiger partial charge in [0.2, 0.25) is 0 Å². The van der Waals surface area contributed by atoms with Crippen molar-refractivity contribution < 1.29 is 9.90 Å². The number of nitrogens with one attached hydrogen (secondary N) is 2. The first-order valence-electron chi connectivity index (χ1n) is 7.48. The molecule has 2 aromatic carbocycles. The highest BCUT2D eigenvalue weighted by Gasteiger charge is 2.11. The molecule has 3 N–H and O–H groups in total. The molecule has 0 spiro atoms. The largest absolute Gasteiger partial charge is 0.508 e. The van der Waals surface area contributed by atoms with Crippen LogP contribution < -0.4 is 5.43 Å². The number of hydrogen-bond donors (Lipinski definition) is 3. The van der Waals surface area contributed by atoms with Crippen LogP contribution >= 0.6 is 11.6 Å². The quantitative estimate of drug-likeness (QED) is 0.494. The zero-order valence-corrected chi connectivity index (χ0v) is 14.1. The van der Waals surface area contributed by atoms with Gasteiger partial charge in [0.1, 0.15) is 11.4 Å². The lowest BCUT2D eigenvalue weighted by atomic mass is 10.1. The molecule has 3 aromatic rings. The number of hydrogen-bond acceptors (Lipinski definition) is 4. The third kappa shape index (κ3) is 4.05. The molecule has 0 radical (unpaired) electrons. The van der Waals surface area contributed by atoms with Gasteiger partial charge in [-0.25, -0.2) is 5.43 Å². The van der Waals surface area contributed by atoms with Gasteiger partial charge < -0.3 is 5.11 Å². The van der Waals surface area contributed by atoms with Crippen LogP contribution in [0.1, 0.15) is 23.0 Å². The van der Waals surface area contributed by atoms with Crippen molar-refractivity contribution in [3.63, 3.8) is 0 Å². The predicted molar refractivity (Wildman–Crippen MR) is 96.8 cm³/mol. The van der Waals surface area contributed by atoms with E-state index < -0.39 is 5.91 Å². The Bertz CT molecular complexity index is 932. The molecule has 0 saturated carbocycles. The fraction of sp³-hybridized carbons (Fsp3) is 0.0556. The van der Waals surface area contributed by atoms with E-state index in [2.05, 4.69) is 20.7 Å². The minimum atomic E-state index is -0.410. The van der Waals surface area contributed by atoms with E-state index >= 15 is 0 Å². The van der Waals surface area contributed by atoms with Crippen LogP contribution in [0.2, 0.25) is 5.02 Å². The number of carbonyl (C=O) groups is 1. The molecule has 0 aliphatic carbocycles. The normalized spacial score (nSPS) is 11.4. The highest BCUT2D eigenvalue weighted by atomic mass is 35.5. The third-order valence-electron chi connectivity index (χ3n) is 3.55. The van der Waals surface area contributed by atoms with E-state index in [4.69, 9.17) is 11.6 Å². The molecule has 0 aliphatic heterocycles. The Morgan fingerprint density at radius 3 is 2.68 bits per heavy atom. The van der Waals surface area contributed by atoms with Gasteiger partial charge >= 0.3 is 0 Å². The van der Waals surface area contributed by atoms with Crippen molar-refractivity contribution in [2.45, 2.75) is 6.92 Å². The van der Waals surface area contributed by atoms with E-state index in [0.717, 1.165) is 5.56 Å². The second-order valence-electron chi connectivity index (χ2n) is 5.36. The first-order chi connectivity index (χ1) is 12.0. The van der Waals surface area contributed by atoms with Crippen molar-refractivity contribution in [2.75, 3.05) is 0 Å². The summed E-state index contributed by atoms with van der Waals surface area (Å²) in [6.45, 7) is 1.74. The van der Waals surface area contributed by atoms with E-state index in [1.807, 2.05) is 12.1 Å². The maximum Gasteiger partial charge on any atom is 0.289 e. The molecule has 25 heavy (non-hydrogen) atoms. The Hall–Kier alpha value is -3.12. The zero-order chi connectivity index (χ0) is 17.8. The van der Waals surface area contributed by atoms with Crippen molar-refractivity contribution in [1.82, 2.24) is 15.6 Å². The number of aromatic nitrogens is 2. The molecular weight excluding hydrogens is 340 g/mol. The SMILES string of the molecule is C/C(=N\NC(=O)c1cc(-c2ccc(Cl)cc2)n[nH]1)c1cccc(O)c1. The summed E-state index contributed by atoms with van der Waals surface area (Å²) in [6.07, 6.45) is 0. The van der Waals surface area contributed by atoms with Crippen LogP contribution in [0.15, 0.2) is 59.7 Å². The molecule has 126 valence electrons. The van der Waals surface area contributed by atoms with Crippen LogP contribution in [0.4, 0.5) is 0 Å². The van der Waals surface area contributed by atoms with Gasteiger partial charge in [0.15, 0.2) is 0 Å². The number of benzene rings is 2. The van der Waals surface area contributed by atoms with Crippen LogP contribution in [-0.2, 0) is 0 Å². The number of halogens is 1. The Labute approximate surface area is 149 Å². The van der Waals surface area contributed by atoms with Crippen LogP contribution in [0.25, 0.3) is 11.3 Å². The Morgan fingerprint density at radius 2 is 1.96 bits per heavy atom. The number of rotatable bonds is 4. The minimum absolute atomic E-state index is 0.138. The smallest absolute Gasteiger partial charge is 0.289 e. The van der Waals surface area contributed by atoms with Gasteiger partial charge in [-0.3, -0.25) is 9.89 Å². The number of H-pyrrole nitrogens is 1. The van der Waals surface area contributed by atoms with Crippen molar-refractivity contribution >= 4 is 23.2 Å². The number of aromatic amines is 1. The second-order valence-corrected chi connectivity index (χ2v) is 5.80. The van der Waals surface area contributed by atoms with Crippen molar-refractivity contribution in [2.24, 2.45) is 5.10 Å². The summed E-state index contributed by atoms with van der Waals surface area (Å²) in [4.78, 5) is 12.2. The fourth-order valence-corrected chi connectivity index (χ4v) is 2.32. The molecule has 0 fully saturated rings. The maximum absolute atomic E-state index is 12.2. The van der Waals surface area contributed by atoms with Crippen molar-refractivity contribution in [3.05, 3.63) is 70.9 Å². The van der Waals surface area contributed by atoms with E-state index in [9.17, 15) is 9.90 Å². The van der Waals surface area contributed by atoms with Crippen LogP contribution in [0.5, 0.6) is 5.75 Å². The van der Waals surface area contributed by atoms with Crippen molar-refractivity contribution in [1.29, 1.82) is 0 Å². The average Bonchev–Trinajstić information content (AvgIpc) is 3.10. The monoisotopic (exact) mass is 354 g/mol. The number of phenols is 1. The summed E-state index contributed by atoms with van der Waals surface area (Å²) in [5.74, 6) is -0.272. The molecule has 0 bridgehead atoms. The molecule has 0 unspecified atom stereocenters. The van der Waals surface area contributed by atoms with Crippen LogP contribution in [-0.4, -0.2) is 26.9 Å². The molecular formula is C18H15ClN4O2. The van der Waals surface area contributed by atoms with Gasteiger partial charge in [0.25, 0.3) is 5.91 Å². The maximum atomic E-state index is 12.2. The molecule has 0 saturated heterocycles. The lowest BCUT2D eigenvalue weighted by molar-refractivity contribution is 0.0950. The van der Waals surface area contributed by atoms with E-state index in [0.29, 0.717) is 22.0 Å². The predicted octanol–water partition coefficient (Wildman–Crippen LogP) is 3.59. The van der Waals surface area contributed by atoms with Gasteiger partial charge in [-0.1, -0.05) is 35.9 Å². The number of aromatic hydroxyl groups is 1. The number of amides is 1. The summed E-state index contributed by atoms with van der Waals surface area (Å²) in [5.41, 5.74) is 5.52. The summed E-state index contributed by atoms with van der Waals surface area (Å²) in [6, 6.07) is 15.4. The number of phenolic OH excluding ortho intramolecular Hbond substituents is 1. The van der Waals surface area contributed by atoms with Gasteiger partial charge in [-0.2, -0.15) is 10.2 Å². The summed E-state index contributed by atoms with van der Waals surface area (Å²) in [5, 5.41) is 21.0. The standard InChI is InChI=1S/C18H15ClN4O2/c1-11(13-3-2-4-15(24)9-13)20-23-18(25)17-10-16(21-22-17)12-5-7-14(19)8-6-12/h2-10,24H,1H3,(H,21,22)(H,23,25)/b20-11+. The highest BCUT2D eigenvalue weighted by Crippen LogP contribution is 2.20. The molecule has 6 nitrogen and oxygen atoms in total. The van der Waals surface area contributed by atoms with Gasteiger partial charge in [0, 0.05) is 16.1 Å². The number of carbonyl (C=O) groups excluding carboxylic acids is 1. The highest BCUT2D eigenvalue weighted by molar-refractivity contribution is 6.30. The Balaban J connectivity index is 1.71. The Morgan fingerprint density at radius 1 is 1.20 bits per heavy atom. The topological polar surface area (TPSA) is 90.4 Å². The van der Waals surface area contributed by atoms with Gasteiger partial charge in [0.05, 0.1) is 11.4 Å². The second kappa shape index (κ2) is 7.19. The van der Waals surface area contributed by atoms with E-state index in [1.165, 1.54) is 0 Å². The van der Waals surface area contributed by atoms with E-state index in [1.54, 1.807) is 49.4 Å². The molecule has 1 amide bonds. The zero-order valence-electron chi connectivity index (χ0n) is 13.3. The molecule has 0 atom stereocenters. The average molecular weight is 355 g/mol. The first kappa shape index (κ1) is 16.7. The fourth-order valence-electron chi connectivity index (χ4n) is 2.20. The van der Waals surface area contributed by atoms with E-state index in [-0.39, 0.29) is 11.4 Å². The third-order valence-corrected chi connectivity index (χ3v) is 3.80. The van der Waals surface area contributed by atoms with Crippen molar-refractivity contribution in [3.8, 4) is 17.0 Å².